The Bertz CT molecular complexity index is 1370. The molecule has 0 fully saturated rings. The number of hydrogen-bond acceptors (Lipinski definition) is 4. The van der Waals surface area contributed by atoms with E-state index in [1.165, 1.54) is 12.1 Å². The molecule has 0 aliphatic carbocycles. The maximum atomic E-state index is 12.6. The van der Waals surface area contributed by atoms with Gasteiger partial charge in [0.1, 0.15) is 0 Å². The van der Waals surface area contributed by atoms with Gasteiger partial charge in [-0.3, -0.25) is 9.48 Å². The highest BCUT2D eigenvalue weighted by atomic mass is 35.5. The molecule has 34 heavy (non-hydrogen) atoms. The van der Waals surface area contributed by atoms with Crippen molar-refractivity contribution in [1.82, 2.24) is 15.1 Å². The summed E-state index contributed by atoms with van der Waals surface area (Å²) in [5.41, 5.74) is 3.69. The van der Waals surface area contributed by atoms with E-state index in [1.807, 2.05) is 71.5 Å². The third-order valence-electron chi connectivity index (χ3n) is 5.32. The fourth-order valence-electron chi connectivity index (χ4n) is 3.60. The van der Waals surface area contributed by atoms with Crippen LogP contribution >= 0.6 is 11.6 Å². The van der Waals surface area contributed by atoms with E-state index in [2.05, 4.69) is 5.32 Å². The molecule has 0 spiro atoms. The summed E-state index contributed by atoms with van der Waals surface area (Å²) >= 11 is 6.01. The van der Waals surface area contributed by atoms with Gasteiger partial charge >= 0.3 is 0 Å². The first-order valence-corrected chi connectivity index (χ1v) is 12.8. The Morgan fingerprint density at radius 3 is 2.26 bits per heavy atom. The quantitative estimate of drug-likeness (QED) is 0.365. The van der Waals surface area contributed by atoms with E-state index >= 15 is 0 Å². The van der Waals surface area contributed by atoms with Crippen molar-refractivity contribution in [2.45, 2.75) is 24.4 Å². The van der Waals surface area contributed by atoms with Gasteiger partial charge in [0, 0.05) is 30.3 Å². The number of carbonyl (C=O) groups excluding carboxylic acids is 1. The highest BCUT2D eigenvalue weighted by molar-refractivity contribution is 7.91. The topological polar surface area (TPSA) is 81.1 Å². The Kier molecular flexibility index (Phi) is 7.45. The lowest BCUT2D eigenvalue weighted by atomic mass is 10.1. The average Bonchev–Trinajstić information content (AvgIpc) is 3.25. The summed E-state index contributed by atoms with van der Waals surface area (Å²) in [5.74, 6) is -0.674. The van der Waals surface area contributed by atoms with Crippen LogP contribution in [0, 0.1) is 0 Å². The lowest BCUT2D eigenvalue weighted by molar-refractivity contribution is -0.120. The highest BCUT2D eigenvalue weighted by Crippen LogP contribution is 2.23. The number of nitrogens with one attached hydrogen (secondary N) is 1. The van der Waals surface area contributed by atoms with Crippen LogP contribution in [-0.4, -0.2) is 29.9 Å². The number of halogens is 1. The van der Waals surface area contributed by atoms with Crippen molar-refractivity contribution in [3.63, 3.8) is 0 Å². The smallest absolute Gasteiger partial charge is 0.221 e. The van der Waals surface area contributed by atoms with Crippen molar-refractivity contribution in [2.75, 3.05) is 5.75 Å². The Hall–Kier alpha value is -3.42. The predicted octanol–water partition coefficient (Wildman–Crippen LogP) is 4.73. The molecule has 174 valence electrons. The van der Waals surface area contributed by atoms with Crippen molar-refractivity contribution in [3.05, 3.63) is 107 Å². The van der Waals surface area contributed by atoms with E-state index in [9.17, 15) is 13.2 Å². The van der Waals surface area contributed by atoms with Crippen molar-refractivity contribution < 1.29 is 13.2 Å². The van der Waals surface area contributed by atoms with Crippen molar-refractivity contribution in [1.29, 1.82) is 0 Å². The standard InChI is InChI=1S/C26H24ClN3O3S/c27-23-13-7-8-14-24(23)34(32,33)16-15-25(31)28-17-22-19-30(18-20-9-3-1-4-10-20)29-26(22)21-11-5-2-6-12-21/h1-14,19H,15-18H2,(H,28,31). The Morgan fingerprint density at radius 2 is 1.56 bits per heavy atom. The molecule has 0 saturated carbocycles. The summed E-state index contributed by atoms with van der Waals surface area (Å²) in [6.07, 6.45) is 1.75. The van der Waals surface area contributed by atoms with Gasteiger partial charge in [-0.2, -0.15) is 5.10 Å². The van der Waals surface area contributed by atoms with E-state index in [4.69, 9.17) is 16.7 Å². The zero-order valence-corrected chi connectivity index (χ0v) is 20.0. The fraction of sp³-hybridized carbons (Fsp3) is 0.154. The van der Waals surface area contributed by atoms with Gasteiger partial charge in [-0.1, -0.05) is 84.4 Å². The van der Waals surface area contributed by atoms with Crippen LogP contribution < -0.4 is 5.32 Å². The molecule has 1 amide bonds. The molecule has 6 nitrogen and oxygen atoms in total. The van der Waals surface area contributed by atoms with Crippen LogP contribution in [0.5, 0.6) is 0 Å². The zero-order valence-electron chi connectivity index (χ0n) is 18.4. The molecule has 0 atom stereocenters. The Labute approximate surface area is 204 Å². The van der Waals surface area contributed by atoms with Gasteiger partial charge in [0.25, 0.3) is 0 Å². The van der Waals surface area contributed by atoms with Gasteiger partial charge in [0.2, 0.25) is 5.91 Å². The molecular weight excluding hydrogens is 470 g/mol. The van der Waals surface area contributed by atoms with Gasteiger partial charge < -0.3 is 5.32 Å². The number of hydrogen-bond donors (Lipinski definition) is 1. The lowest BCUT2D eigenvalue weighted by Gasteiger charge is -2.08. The number of amides is 1. The minimum atomic E-state index is -3.66. The molecule has 0 aliphatic rings. The second-order valence-corrected chi connectivity index (χ2v) is 10.3. The van der Waals surface area contributed by atoms with Gasteiger partial charge in [-0.05, 0) is 17.7 Å². The van der Waals surface area contributed by atoms with Crippen LogP contribution in [0.1, 0.15) is 17.5 Å². The van der Waals surface area contributed by atoms with Gasteiger partial charge in [-0.15, -0.1) is 0 Å². The lowest BCUT2D eigenvalue weighted by Crippen LogP contribution is -2.25. The van der Waals surface area contributed by atoms with Crippen LogP contribution in [0.3, 0.4) is 0 Å². The van der Waals surface area contributed by atoms with Crippen molar-refractivity contribution in [3.8, 4) is 11.3 Å². The minimum absolute atomic E-state index is 0.0398. The van der Waals surface area contributed by atoms with Gasteiger partial charge in [-0.25, -0.2) is 8.42 Å². The second-order valence-electron chi connectivity index (χ2n) is 7.83. The molecule has 0 bridgehead atoms. The molecule has 3 aromatic carbocycles. The zero-order chi connectivity index (χ0) is 24.0. The number of benzene rings is 3. The second kappa shape index (κ2) is 10.7. The summed E-state index contributed by atoms with van der Waals surface area (Å²) in [7, 11) is -3.66. The predicted molar refractivity (Wildman–Crippen MR) is 133 cm³/mol. The van der Waals surface area contributed by atoms with Crippen molar-refractivity contribution in [2.24, 2.45) is 0 Å². The highest BCUT2D eigenvalue weighted by Gasteiger charge is 2.19. The van der Waals surface area contributed by atoms with E-state index in [1.54, 1.807) is 12.1 Å². The Balaban J connectivity index is 1.45. The van der Waals surface area contributed by atoms with E-state index < -0.39 is 9.84 Å². The van der Waals surface area contributed by atoms with E-state index in [0.717, 1.165) is 22.4 Å². The molecular formula is C26H24ClN3O3S. The third-order valence-corrected chi connectivity index (χ3v) is 7.53. The number of nitrogens with zero attached hydrogens (tertiary/aromatic N) is 2. The van der Waals surface area contributed by atoms with Crippen LogP contribution in [0.4, 0.5) is 0 Å². The van der Waals surface area contributed by atoms with Crippen LogP contribution in [-0.2, 0) is 27.7 Å². The normalized spacial score (nSPS) is 11.3. The van der Waals surface area contributed by atoms with Crippen LogP contribution in [0.15, 0.2) is 96.0 Å². The largest absolute Gasteiger partial charge is 0.352 e. The molecule has 0 aliphatic heterocycles. The van der Waals surface area contributed by atoms with Gasteiger partial charge in [0.15, 0.2) is 9.84 Å². The monoisotopic (exact) mass is 493 g/mol. The van der Waals surface area contributed by atoms with Crippen LogP contribution in [0.2, 0.25) is 5.02 Å². The summed E-state index contributed by atoms with van der Waals surface area (Å²) in [6, 6.07) is 26.0. The number of sulfone groups is 1. The first kappa shape index (κ1) is 23.7. The number of carbonyl (C=O) groups is 1. The molecule has 4 rings (SSSR count). The molecule has 1 aromatic heterocycles. The maximum Gasteiger partial charge on any atom is 0.221 e. The summed E-state index contributed by atoms with van der Waals surface area (Å²) in [6.45, 7) is 0.842. The minimum Gasteiger partial charge on any atom is -0.352 e. The van der Waals surface area contributed by atoms with Crippen LogP contribution in [0.25, 0.3) is 11.3 Å². The van der Waals surface area contributed by atoms with E-state index in [-0.39, 0.29) is 34.5 Å². The first-order chi connectivity index (χ1) is 16.4. The number of aromatic nitrogens is 2. The van der Waals surface area contributed by atoms with E-state index in [0.29, 0.717) is 6.54 Å². The molecule has 4 aromatic rings. The number of rotatable bonds is 9. The Morgan fingerprint density at radius 1 is 0.912 bits per heavy atom. The van der Waals surface area contributed by atoms with Gasteiger partial charge in [0.05, 0.1) is 27.9 Å². The molecule has 1 N–H and O–H groups in total. The first-order valence-electron chi connectivity index (χ1n) is 10.8. The van der Waals surface area contributed by atoms with Crippen molar-refractivity contribution >= 4 is 27.3 Å². The maximum absolute atomic E-state index is 12.6. The summed E-state index contributed by atoms with van der Waals surface area (Å²) < 4.78 is 27.0. The summed E-state index contributed by atoms with van der Waals surface area (Å²) in [4.78, 5) is 12.5. The molecule has 0 unspecified atom stereocenters. The third kappa shape index (κ3) is 5.92. The molecule has 0 saturated heterocycles. The SMILES string of the molecule is O=C(CCS(=O)(=O)c1ccccc1Cl)NCc1cn(Cc2ccccc2)nc1-c1ccccc1. The fourth-order valence-corrected chi connectivity index (χ4v) is 5.41. The molecule has 0 radical (unpaired) electrons. The molecule has 8 heteroatoms. The average molecular weight is 494 g/mol. The summed E-state index contributed by atoms with van der Waals surface area (Å²) in [5, 5.41) is 7.73. The molecule has 1 heterocycles.